The Bertz CT molecular complexity index is 784. The van der Waals surface area contributed by atoms with E-state index in [-0.39, 0.29) is 23.8 Å². The van der Waals surface area contributed by atoms with Crippen LogP contribution in [0.1, 0.15) is 35.7 Å². The lowest BCUT2D eigenvalue weighted by molar-refractivity contribution is -0.127. The highest BCUT2D eigenvalue weighted by atomic mass is 16.2. The molecule has 1 aromatic heterocycles. The Morgan fingerprint density at radius 2 is 2.00 bits per heavy atom. The molecule has 2 heterocycles. The van der Waals surface area contributed by atoms with E-state index in [1.54, 1.807) is 4.90 Å². The molecule has 1 fully saturated rings. The molecule has 0 bridgehead atoms. The van der Waals surface area contributed by atoms with Crippen molar-refractivity contribution in [3.8, 4) is 0 Å². The van der Waals surface area contributed by atoms with E-state index < -0.39 is 0 Å². The van der Waals surface area contributed by atoms with Crippen LogP contribution < -0.4 is 5.32 Å². The van der Waals surface area contributed by atoms with Crippen molar-refractivity contribution in [3.63, 3.8) is 0 Å². The molecule has 0 radical (unpaired) electrons. The summed E-state index contributed by atoms with van der Waals surface area (Å²) < 4.78 is 1.82. The van der Waals surface area contributed by atoms with E-state index in [0.717, 1.165) is 16.8 Å². The molecule has 6 nitrogen and oxygen atoms in total. The Balaban J connectivity index is 1.56. The summed E-state index contributed by atoms with van der Waals surface area (Å²) in [4.78, 5) is 26.2. The van der Waals surface area contributed by atoms with Crippen LogP contribution in [-0.2, 0) is 23.1 Å². The molecule has 1 aliphatic heterocycles. The van der Waals surface area contributed by atoms with Crippen LogP contribution in [-0.4, -0.2) is 40.1 Å². The monoisotopic (exact) mass is 354 g/mol. The predicted molar refractivity (Wildman–Crippen MR) is 99.3 cm³/mol. The second-order valence-corrected chi connectivity index (χ2v) is 7.01. The van der Waals surface area contributed by atoms with Gasteiger partial charge in [-0.05, 0) is 24.5 Å². The Kier molecular flexibility index (Phi) is 5.40. The summed E-state index contributed by atoms with van der Waals surface area (Å²) in [5.74, 6) is 0.241. The number of benzene rings is 1. The standard InChI is InChI=1S/C20H26N4O2/c1-14-16(13-22-24(14)3)9-10-18(25)21-12-17-11-19(26)23(2)20(17)15-7-5-4-6-8-15/h4-8,13,17,20H,9-12H2,1-3H3,(H,21,25)/t17-,20-/m0/s1. The van der Waals surface area contributed by atoms with Crippen LogP contribution in [0.5, 0.6) is 0 Å². The molecular formula is C20H26N4O2. The van der Waals surface area contributed by atoms with Gasteiger partial charge < -0.3 is 10.2 Å². The molecule has 2 aromatic rings. The third-order valence-corrected chi connectivity index (χ3v) is 5.35. The molecule has 6 heteroatoms. The summed E-state index contributed by atoms with van der Waals surface area (Å²) in [5.41, 5.74) is 3.30. The van der Waals surface area contributed by atoms with Crippen LogP contribution in [0.2, 0.25) is 0 Å². The first-order valence-corrected chi connectivity index (χ1v) is 9.02. The summed E-state index contributed by atoms with van der Waals surface area (Å²) in [6.07, 6.45) is 3.40. The number of hydrogen-bond acceptors (Lipinski definition) is 3. The van der Waals surface area contributed by atoms with Gasteiger partial charge in [-0.25, -0.2) is 0 Å². The van der Waals surface area contributed by atoms with E-state index >= 15 is 0 Å². The quantitative estimate of drug-likeness (QED) is 0.863. The van der Waals surface area contributed by atoms with Gasteiger partial charge in [0, 0.05) is 45.1 Å². The van der Waals surface area contributed by atoms with Gasteiger partial charge in [0.05, 0.1) is 12.2 Å². The molecule has 1 aromatic carbocycles. The van der Waals surface area contributed by atoms with E-state index in [2.05, 4.69) is 10.4 Å². The van der Waals surface area contributed by atoms with Gasteiger partial charge in [0.1, 0.15) is 0 Å². The van der Waals surface area contributed by atoms with E-state index in [0.29, 0.717) is 25.8 Å². The Morgan fingerprint density at radius 3 is 2.65 bits per heavy atom. The number of hydrogen-bond donors (Lipinski definition) is 1. The van der Waals surface area contributed by atoms with E-state index in [1.807, 2.05) is 62.2 Å². The van der Waals surface area contributed by atoms with Crippen LogP contribution in [0.25, 0.3) is 0 Å². The van der Waals surface area contributed by atoms with E-state index in [4.69, 9.17) is 0 Å². The van der Waals surface area contributed by atoms with E-state index in [9.17, 15) is 9.59 Å². The fraction of sp³-hybridized carbons (Fsp3) is 0.450. The minimum absolute atomic E-state index is 0.0158. The summed E-state index contributed by atoms with van der Waals surface area (Å²) in [7, 11) is 3.74. The summed E-state index contributed by atoms with van der Waals surface area (Å²) >= 11 is 0. The van der Waals surface area contributed by atoms with Crippen LogP contribution in [0, 0.1) is 12.8 Å². The molecule has 0 spiro atoms. The molecule has 1 N–H and O–H groups in total. The van der Waals surface area contributed by atoms with Gasteiger partial charge in [-0.15, -0.1) is 0 Å². The largest absolute Gasteiger partial charge is 0.356 e. The van der Waals surface area contributed by atoms with Crippen molar-refractivity contribution in [2.45, 2.75) is 32.2 Å². The van der Waals surface area contributed by atoms with Crippen LogP contribution >= 0.6 is 0 Å². The van der Waals surface area contributed by atoms with Gasteiger partial charge >= 0.3 is 0 Å². The number of aromatic nitrogens is 2. The fourth-order valence-electron chi connectivity index (χ4n) is 3.65. The summed E-state index contributed by atoms with van der Waals surface area (Å²) in [6.45, 7) is 2.52. The highest BCUT2D eigenvalue weighted by molar-refractivity contribution is 5.80. The normalized spacial score (nSPS) is 19.8. The van der Waals surface area contributed by atoms with Gasteiger partial charge in [-0.3, -0.25) is 14.3 Å². The number of aryl methyl sites for hydroxylation is 2. The van der Waals surface area contributed by atoms with Crippen molar-refractivity contribution < 1.29 is 9.59 Å². The van der Waals surface area contributed by atoms with Gasteiger partial charge in [0.25, 0.3) is 0 Å². The molecule has 138 valence electrons. The van der Waals surface area contributed by atoms with Crippen LogP contribution in [0.4, 0.5) is 0 Å². The SMILES string of the molecule is Cc1c(CCC(=O)NC[C@@H]2CC(=O)N(C)[C@H]2c2ccccc2)cnn1C. The second-order valence-electron chi connectivity index (χ2n) is 7.01. The number of nitrogens with one attached hydrogen (secondary N) is 1. The molecular weight excluding hydrogens is 328 g/mol. The molecule has 0 saturated carbocycles. The lowest BCUT2D eigenvalue weighted by atomic mass is 9.93. The van der Waals surface area contributed by atoms with Gasteiger partial charge in [-0.1, -0.05) is 30.3 Å². The van der Waals surface area contributed by atoms with Crippen molar-refractivity contribution in [2.75, 3.05) is 13.6 Å². The van der Waals surface area contributed by atoms with Gasteiger partial charge in [0.15, 0.2) is 0 Å². The topological polar surface area (TPSA) is 67.2 Å². The first kappa shape index (κ1) is 18.2. The Morgan fingerprint density at radius 1 is 1.27 bits per heavy atom. The molecule has 1 saturated heterocycles. The molecule has 0 aliphatic carbocycles. The Hall–Kier alpha value is -2.63. The number of carbonyl (C=O) groups is 2. The molecule has 2 atom stereocenters. The van der Waals surface area contributed by atoms with Crippen LogP contribution in [0.3, 0.4) is 0 Å². The lowest BCUT2D eigenvalue weighted by Crippen LogP contribution is -2.32. The number of nitrogens with zero attached hydrogens (tertiary/aromatic N) is 3. The third-order valence-electron chi connectivity index (χ3n) is 5.35. The van der Waals surface area contributed by atoms with Gasteiger partial charge in [0.2, 0.25) is 11.8 Å². The summed E-state index contributed by atoms with van der Waals surface area (Å²) in [6, 6.07) is 10.0. The fourth-order valence-corrected chi connectivity index (χ4v) is 3.65. The maximum absolute atomic E-state index is 12.3. The first-order valence-electron chi connectivity index (χ1n) is 9.02. The highest BCUT2D eigenvalue weighted by Crippen LogP contribution is 2.36. The van der Waals surface area contributed by atoms with Gasteiger partial charge in [-0.2, -0.15) is 5.10 Å². The zero-order chi connectivity index (χ0) is 18.7. The smallest absolute Gasteiger partial charge is 0.223 e. The maximum Gasteiger partial charge on any atom is 0.223 e. The zero-order valence-corrected chi connectivity index (χ0v) is 15.6. The number of likely N-dealkylation sites (tertiary alicyclic amines) is 1. The second kappa shape index (κ2) is 7.72. The minimum Gasteiger partial charge on any atom is -0.356 e. The van der Waals surface area contributed by atoms with Crippen molar-refractivity contribution in [1.82, 2.24) is 20.0 Å². The average molecular weight is 354 g/mol. The first-order chi connectivity index (χ1) is 12.5. The maximum atomic E-state index is 12.3. The molecule has 2 amide bonds. The van der Waals surface area contributed by atoms with Crippen molar-refractivity contribution in [3.05, 3.63) is 53.3 Å². The molecule has 1 aliphatic rings. The zero-order valence-electron chi connectivity index (χ0n) is 15.6. The average Bonchev–Trinajstić information content (AvgIpc) is 3.11. The molecule has 0 unspecified atom stereocenters. The van der Waals surface area contributed by atoms with E-state index in [1.165, 1.54) is 0 Å². The molecule has 26 heavy (non-hydrogen) atoms. The predicted octanol–water partition coefficient (Wildman–Crippen LogP) is 2.00. The number of rotatable bonds is 6. The Labute approximate surface area is 154 Å². The number of amides is 2. The van der Waals surface area contributed by atoms with Crippen molar-refractivity contribution in [2.24, 2.45) is 13.0 Å². The highest BCUT2D eigenvalue weighted by Gasteiger charge is 2.38. The van der Waals surface area contributed by atoms with Crippen molar-refractivity contribution in [1.29, 1.82) is 0 Å². The third kappa shape index (κ3) is 3.79. The minimum atomic E-state index is 0.0158. The van der Waals surface area contributed by atoms with Crippen molar-refractivity contribution >= 4 is 11.8 Å². The number of carbonyl (C=O) groups excluding carboxylic acids is 2. The molecule has 3 rings (SSSR count). The lowest BCUT2D eigenvalue weighted by Gasteiger charge is -2.25. The summed E-state index contributed by atoms with van der Waals surface area (Å²) in [5, 5.41) is 7.22. The van der Waals surface area contributed by atoms with Crippen LogP contribution in [0.15, 0.2) is 36.5 Å².